The number of Topliss-reactive ketones (excluding diaryl/α,β-unsaturated/α-hetero) is 1. The Labute approximate surface area is 115 Å². The Bertz CT molecular complexity index is 448. The van der Waals surface area contributed by atoms with E-state index in [0.29, 0.717) is 18.6 Å². The number of piperidine rings is 1. The van der Waals surface area contributed by atoms with Gasteiger partial charge in [0.05, 0.1) is 6.10 Å². The van der Waals surface area contributed by atoms with Crippen molar-refractivity contribution in [2.45, 2.75) is 52.2 Å². The second-order valence-corrected chi connectivity index (χ2v) is 6.09. The van der Waals surface area contributed by atoms with Gasteiger partial charge in [0.25, 0.3) is 0 Å². The molecule has 0 atom stereocenters. The fraction of sp³-hybridized carbons (Fsp3) is 0.562. The smallest absolute Gasteiger partial charge is 0.136 e. The van der Waals surface area contributed by atoms with E-state index in [9.17, 15) is 4.79 Å². The van der Waals surface area contributed by atoms with Gasteiger partial charge < -0.3 is 9.64 Å². The highest BCUT2D eigenvalue weighted by atomic mass is 16.5. The summed E-state index contributed by atoms with van der Waals surface area (Å²) < 4.78 is 5.65. The van der Waals surface area contributed by atoms with E-state index in [1.165, 1.54) is 0 Å². The van der Waals surface area contributed by atoms with E-state index < -0.39 is 0 Å². The molecule has 1 fully saturated rings. The lowest BCUT2D eigenvalue weighted by Gasteiger charge is -2.43. The lowest BCUT2D eigenvalue weighted by molar-refractivity contribution is -0.121. The van der Waals surface area contributed by atoms with Crippen LogP contribution in [0.5, 0.6) is 5.75 Å². The average Bonchev–Trinajstić information content (AvgIpc) is 2.28. The van der Waals surface area contributed by atoms with Crippen LogP contribution in [0.2, 0.25) is 0 Å². The highest BCUT2D eigenvalue weighted by Crippen LogP contribution is 2.32. The Morgan fingerprint density at radius 1 is 1.21 bits per heavy atom. The summed E-state index contributed by atoms with van der Waals surface area (Å²) in [7, 11) is 0. The number of ketones is 1. The van der Waals surface area contributed by atoms with E-state index in [4.69, 9.17) is 4.74 Å². The number of hydrogen-bond acceptors (Lipinski definition) is 3. The number of ether oxygens (including phenoxy) is 1. The van der Waals surface area contributed by atoms with Crippen LogP contribution in [0.15, 0.2) is 24.3 Å². The van der Waals surface area contributed by atoms with E-state index in [-0.39, 0.29) is 11.6 Å². The average molecular weight is 261 g/mol. The van der Waals surface area contributed by atoms with Crippen LogP contribution >= 0.6 is 0 Å². The van der Waals surface area contributed by atoms with Crippen molar-refractivity contribution in [2.24, 2.45) is 0 Å². The van der Waals surface area contributed by atoms with Gasteiger partial charge in [0.2, 0.25) is 0 Å². The first-order valence-corrected chi connectivity index (χ1v) is 6.94. The molecule has 2 rings (SSSR count). The molecular weight excluding hydrogens is 238 g/mol. The van der Waals surface area contributed by atoms with Crippen LogP contribution in [0.4, 0.5) is 5.69 Å². The highest BCUT2D eigenvalue weighted by Gasteiger charge is 2.33. The molecule has 0 amide bonds. The van der Waals surface area contributed by atoms with Crippen LogP contribution in [-0.4, -0.2) is 24.0 Å². The normalized spacial score (nSPS) is 18.8. The van der Waals surface area contributed by atoms with Crippen LogP contribution in [0.25, 0.3) is 0 Å². The maximum absolute atomic E-state index is 11.6. The molecule has 0 N–H and O–H groups in total. The quantitative estimate of drug-likeness (QED) is 0.835. The molecule has 0 bridgehead atoms. The molecule has 3 heteroatoms. The van der Waals surface area contributed by atoms with Gasteiger partial charge in [-0.05, 0) is 52.0 Å². The molecule has 0 saturated carbocycles. The number of rotatable bonds is 3. The van der Waals surface area contributed by atoms with Crippen LogP contribution < -0.4 is 9.64 Å². The fourth-order valence-corrected chi connectivity index (χ4v) is 2.66. The van der Waals surface area contributed by atoms with Gasteiger partial charge in [-0.2, -0.15) is 0 Å². The topological polar surface area (TPSA) is 29.5 Å². The molecular formula is C16H23NO2. The highest BCUT2D eigenvalue weighted by molar-refractivity contribution is 5.82. The summed E-state index contributed by atoms with van der Waals surface area (Å²) in [6.07, 6.45) is 1.46. The third-order valence-corrected chi connectivity index (χ3v) is 3.49. The second kappa shape index (κ2) is 5.24. The number of nitrogens with zero attached hydrogens (tertiary/aromatic N) is 1. The summed E-state index contributed by atoms with van der Waals surface area (Å²) in [5.74, 6) is 1.26. The first-order valence-electron chi connectivity index (χ1n) is 6.94. The Kier molecular flexibility index (Phi) is 3.83. The predicted octanol–water partition coefficient (Wildman–Crippen LogP) is 3.42. The van der Waals surface area contributed by atoms with Crippen molar-refractivity contribution in [2.75, 3.05) is 11.4 Å². The third kappa shape index (κ3) is 3.28. The number of benzene rings is 1. The van der Waals surface area contributed by atoms with Crippen molar-refractivity contribution < 1.29 is 9.53 Å². The molecule has 0 spiro atoms. The summed E-state index contributed by atoms with van der Waals surface area (Å²) in [5, 5.41) is 0. The number of anilines is 1. The summed E-state index contributed by atoms with van der Waals surface area (Å²) in [4.78, 5) is 13.9. The van der Waals surface area contributed by atoms with Gasteiger partial charge in [0.15, 0.2) is 0 Å². The first kappa shape index (κ1) is 13.9. The molecule has 19 heavy (non-hydrogen) atoms. The number of carbonyl (C=O) groups is 1. The SMILES string of the molecule is CC(C)Oc1ccc(N2CCC(=O)CC2(C)C)cc1. The Balaban J connectivity index is 2.15. The zero-order chi connectivity index (χ0) is 14.0. The maximum atomic E-state index is 11.6. The predicted molar refractivity (Wildman–Crippen MR) is 77.9 cm³/mol. The zero-order valence-corrected chi connectivity index (χ0v) is 12.3. The Morgan fingerprint density at radius 3 is 2.37 bits per heavy atom. The lowest BCUT2D eigenvalue weighted by Crippen LogP contribution is -2.50. The van der Waals surface area contributed by atoms with Gasteiger partial charge >= 0.3 is 0 Å². The lowest BCUT2D eigenvalue weighted by atomic mass is 9.89. The molecule has 0 aromatic heterocycles. The third-order valence-electron chi connectivity index (χ3n) is 3.49. The largest absolute Gasteiger partial charge is 0.491 e. The van der Waals surface area contributed by atoms with Crippen molar-refractivity contribution in [3.63, 3.8) is 0 Å². The van der Waals surface area contributed by atoms with E-state index >= 15 is 0 Å². The van der Waals surface area contributed by atoms with Crippen LogP contribution in [0.1, 0.15) is 40.5 Å². The fourth-order valence-electron chi connectivity index (χ4n) is 2.66. The molecule has 3 nitrogen and oxygen atoms in total. The van der Waals surface area contributed by atoms with Crippen molar-refractivity contribution in [1.82, 2.24) is 0 Å². The van der Waals surface area contributed by atoms with Crippen molar-refractivity contribution in [3.05, 3.63) is 24.3 Å². The van der Waals surface area contributed by atoms with Crippen LogP contribution in [0.3, 0.4) is 0 Å². The van der Waals surface area contributed by atoms with Crippen molar-refractivity contribution in [1.29, 1.82) is 0 Å². The minimum absolute atomic E-state index is 0.101. The van der Waals surface area contributed by atoms with Gasteiger partial charge in [-0.15, -0.1) is 0 Å². The van der Waals surface area contributed by atoms with E-state index in [2.05, 4.69) is 30.9 Å². The molecule has 0 aliphatic carbocycles. The van der Waals surface area contributed by atoms with Crippen molar-refractivity contribution in [3.8, 4) is 5.75 Å². The molecule has 1 aliphatic heterocycles. The monoisotopic (exact) mass is 261 g/mol. The summed E-state index contributed by atoms with van der Waals surface area (Å²) in [5.41, 5.74) is 1.06. The maximum Gasteiger partial charge on any atom is 0.136 e. The van der Waals surface area contributed by atoms with E-state index in [1.54, 1.807) is 0 Å². The second-order valence-electron chi connectivity index (χ2n) is 6.09. The summed E-state index contributed by atoms with van der Waals surface area (Å²) in [6.45, 7) is 9.10. The van der Waals surface area contributed by atoms with Gasteiger partial charge in [-0.1, -0.05) is 0 Å². The van der Waals surface area contributed by atoms with Crippen molar-refractivity contribution >= 4 is 11.5 Å². The molecule has 0 unspecified atom stereocenters. The molecule has 1 heterocycles. The van der Waals surface area contributed by atoms with Gasteiger partial charge in [0, 0.05) is 30.6 Å². The number of carbonyl (C=O) groups excluding carboxylic acids is 1. The molecule has 1 aliphatic rings. The molecule has 1 aromatic carbocycles. The van der Waals surface area contributed by atoms with Gasteiger partial charge in [0.1, 0.15) is 11.5 Å². The summed E-state index contributed by atoms with van der Waals surface area (Å²) in [6, 6.07) is 8.16. The van der Waals surface area contributed by atoms with Gasteiger partial charge in [-0.25, -0.2) is 0 Å². The zero-order valence-electron chi connectivity index (χ0n) is 12.3. The van der Waals surface area contributed by atoms with Crippen LogP contribution in [0, 0.1) is 0 Å². The standard InChI is InChI=1S/C16H23NO2/c1-12(2)19-15-7-5-13(6-8-15)17-10-9-14(18)11-16(17,3)4/h5-8,12H,9-11H2,1-4H3. The molecule has 1 saturated heterocycles. The molecule has 0 radical (unpaired) electrons. The van der Waals surface area contributed by atoms with E-state index in [1.807, 2.05) is 26.0 Å². The van der Waals surface area contributed by atoms with Crippen LogP contribution in [-0.2, 0) is 4.79 Å². The number of hydrogen-bond donors (Lipinski definition) is 0. The minimum atomic E-state index is -0.101. The van der Waals surface area contributed by atoms with Gasteiger partial charge in [-0.3, -0.25) is 4.79 Å². The van der Waals surface area contributed by atoms with E-state index in [0.717, 1.165) is 18.0 Å². The first-order chi connectivity index (χ1) is 8.88. The Morgan fingerprint density at radius 2 is 1.84 bits per heavy atom. The summed E-state index contributed by atoms with van der Waals surface area (Å²) >= 11 is 0. The minimum Gasteiger partial charge on any atom is -0.491 e. The molecule has 1 aromatic rings. The molecule has 104 valence electrons. The Hall–Kier alpha value is -1.51.